The predicted molar refractivity (Wildman–Crippen MR) is 65.7 cm³/mol. The van der Waals surface area contributed by atoms with Crippen molar-refractivity contribution in [3.63, 3.8) is 0 Å². The van der Waals surface area contributed by atoms with E-state index >= 15 is 0 Å². The van der Waals surface area contributed by atoms with E-state index < -0.39 is 0 Å². The first kappa shape index (κ1) is 12.5. The Morgan fingerprint density at radius 2 is 2.47 bits per heavy atom. The maximum absolute atomic E-state index is 5.91. The van der Waals surface area contributed by atoms with Crippen LogP contribution in [0.5, 0.6) is 0 Å². The number of hydrogen-bond acceptors (Lipinski definition) is 4. The van der Waals surface area contributed by atoms with Crippen molar-refractivity contribution >= 4 is 0 Å². The van der Waals surface area contributed by atoms with Crippen molar-refractivity contribution in [2.45, 2.75) is 32.2 Å². The second kappa shape index (κ2) is 5.58. The standard InChI is InChI=1S/C13H20N2O2/c1-13(2)10-15-7-12(17-13)9-16-8-11-4-3-5-14-6-11/h3-6,12,15H,7-10H2,1-2H3. The number of hydrogen-bond donors (Lipinski definition) is 1. The minimum atomic E-state index is -0.0966. The Morgan fingerprint density at radius 1 is 1.59 bits per heavy atom. The number of ether oxygens (including phenoxy) is 2. The molecule has 1 aromatic rings. The Balaban J connectivity index is 1.72. The van der Waals surface area contributed by atoms with Gasteiger partial charge in [0.2, 0.25) is 0 Å². The largest absolute Gasteiger partial charge is 0.374 e. The molecule has 1 N–H and O–H groups in total. The van der Waals surface area contributed by atoms with E-state index in [0.29, 0.717) is 13.2 Å². The molecular formula is C13H20N2O2. The first-order chi connectivity index (χ1) is 8.16. The summed E-state index contributed by atoms with van der Waals surface area (Å²) in [6, 6.07) is 3.93. The van der Waals surface area contributed by atoms with Gasteiger partial charge in [-0.3, -0.25) is 4.98 Å². The number of morpholine rings is 1. The highest BCUT2D eigenvalue weighted by Crippen LogP contribution is 2.15. The second-order valence-electron chi connectivity index (χ2n) is 5.01. The van der Waals surface area contributed by atoms with Crippen molar-refractivity contribution in [1.82, 2.24) is 10.3 Å². The SMILES string of the molecule is CC1(C)CNCC(COCc2cccnc2)O1. The third kappa shape index (κ3) is 4.07. The summed E-state index contributed by atoms with van der Waals surface area (Å²) < 4.78 is 11.6. The lowest BCUT2D eigenvalue weighted by molar-refractivity contribution is -0.122. The molecule has 94 valence electrons. The van der Waals surface area contributed by atoms with Gasteiger partial charge in [-0.2, -0.15) is 0 Å². The normalized spacial score (nSPS) is 23.5. The zero-order valence-electron chi connectivity index (χ0n) is 10.5. The highest BCUT2D eigenvalue weighted by atomic mass is 16.5. The molecule has 1 atom stereocenters. The Labute approximate surface area is 102 Å². The fourth-order valence-corrected chi connectivity index (χ4v) is 1.95. The van der Waals surface area contributed by atoms with Crippen LogP contribution in [0, 0.1) is 0 Å². The molecule has 0 radical (unpaired) electrons. The zero-order chi connectivity index (χ0) is 12.1. The van der Waals surface area contributed by atoms with E-state index in [9.17, 15) is 0 Å². The van der Waals surface area contributed by atoms with Gasteiger partial charge in [0, 0.05) is 25.5 Å². The molecule has 1 aromatic heterocycles. The van der Waals surface area contributed by atoms with Crippen LogP contribution in [0.1, 0.15) is 19.4 Å². The van der Waals surface area contributed by atoms with Crippen LogP contribution in [0.15, 0.2) is 24.5 Å². The summed E-state index contributed by atoms with van der Waals surface area (Å²) in [4.78, 5) is 4.05. The molecule has 1 aliphatic heterocycles. The Hall–Kier alpha value is -0.970. The number of pyridine rings is 1. The topological polar surface area (TPSA) is 43.4 Å². The molecule has 0 aliphatic carbocycles. The van der Waals surface area contributed by atoms with Gasteiger partial charge >= 0.3 is 0 Å². The van der Waals surface area contributed by atoms with Crippen molar-refractivity contribution in [3.8, 4) is 0 Å². The molecule has 0 amide bonds. The molecule has 1 aliphatic rings. The van der Waals surface area contributed by atoms with Crippen LogP contribution in [0.3, 0.4) is 0 Å². The van der Waals surface area contributed by atoms with E-state index in [4.69, 9.17) is 9.47 Å². The summed E-state index contributed by atoms with van der Waals surface area (Å²) in [5.41, 5.74) is 0.996. The van der Waals surface area contributed by atoms with Gasteiger partial charge in [0.1, 0.15) is 0 Å². The summed E-state index contributed by atoms with van der Waals surface area (Å²) >= 11 is 0. The molecule has 17 heavy (non-hydrogen) atoms. The molecular weight excluding hydrogens is 216 g/mol. The summed E-state index contributed by atoms with van der Waals surface area (Å²) in [7, 11) is 0. The van der Waals surface area contributed by atoms with Crippen molar-refractivity contribution in [1.29, 1.82) is 0 Å². The van der Waals surface area contributed by atoms with Gasteiger partial charge in [-0.15, -0.1) is 0 Å². The first-order valence-corrected chi connectivity index (χ1v) is 6.01. The van der Waals surface area contributed by atoms with E-state index in [1.165, 1.54) is 0 Å². The van der Waals surface area contributed by atoms with E-state index in [-0.39, 0.29) is 11.7 Å². The minimum Gasteiger partial charge on any atom is -0.374 e. The third-order valence-corrected chi connectivity index (χ3v) is 2.70. The smallest absolute Gasteiger partial charge is 0.0940 e. The monoisotopic (exact) mass is 236 g/mol. The molecule has 4 nitrogen and oxygen atoms in total. The maximum Gasteiger partial charge on any atom is 0.0940 e. The lowest BCUT2D eigenvalue weighted by Gasteiger charge is -2.36. The average Bonchev–Trinajstić information content (AvgIpc) is 2.29. The number of nitrogens with one attached hydrogen (secondary N) is 1. The highest BCUT2D eigenvalue weighted by molar-refractivity contribution is 5.06. The minimum absolute atomic E-state index is 0.0966. The summed E-state index contributed by atoms with van der Waals surface area (Å²) in [6.45, 7) is 7.14. The van der Waals surface area contributed by atoms with Crippen LogP contribution in [0.25, 0.3) is 0 Å². The fourth-order valence-electron chi connectivity index (χ4n) is 1.95. The quantitative estimate of drug-likeness (QED) is 0.857. The van der Waals surface area contributed by atoms with E-state index in [0.717, 1.165) is 18.7 Å². The Bertz CT molecular complexity index is 341. The van der Waals surface area contributed by atoms with Gasteiger partial charge in [-0.1, -0.05) is 6.07 Å². The lowest BCUT2D eigenvalue weighted by Crippen LogP contribution is -2.51. The van der Waals surface area contributed by atoms with Gasteiger partial charge in [0.15, 0.2) is 0 Å². The van der Waals surface area contributed by atoms with Crippen molar-refractivity contribution in [2.75, 3.05) is 19.7 Å². The lowest BCUT2D eigenvalue weighted by atomic mass is 10.1. The summed E-state index contributed by atoms with van der Waals surface area (Å²) in [6.07, 6.45) is 3.72. The Morgan fingerprint density at radius 3 is 3.18 bits per heavy atom. The third-order valence-electron chi connectivity index (χ3n) is 2.70. The maximum atomic E-state index is 5.91. The van der Waals surface area contributed by atoms with Gasteiger partial charge in [-0.25, -0.2) is 0 Å². The molecule has 0 saturated carbocycles. The first-order valence-electron chi connectivity index (χ1n) is 6.01. The summed E-state index contributed by atoms with van der Waals surface area (Å²) in [5, 5.41) is 3.36. The van der Waals surface area contributed by atoms with Gasteiger partial charge in [0.05, 0.1) is 24.9 Å². The van der Waals surface area contributed by atoms with Gasteiger partial charge in [-0.05, 0) is 25.5 Å². The molecule has 0 aromatic carbocycles. The molecule has 2 heterocycles. The van der Waals surface area contributed by atoms with Crippen molar-refractivity contribution in [3.05, 3.63) is 30.1 Å². The predicted octanol–water partition coefficient (Wildman–Crippen LogP) is 1.37. The van der Waals surface area contributed by atoms with Crippen LogP contribution in [-0.2, 0) is 16.1 Å². The molecule has 2 rings (SSSR count). The van der Waals surface area contributed by atoms with E-state index in [2.05, 4.69) is 24.1 Å². The number of aromatic nitrogens is 1. The summed E-state index contributed by atoms with van der Waals surface area (Å²) in [5.74, 6) is 0. The molecule has 0 spiro atoms. The number of rotatable bonds is 4. The van der Waals surface area contributed by atoms with Crippen LogP contribution in [0.4, 0.5) is 0 Å². The van der Waals surface area contributed by atoms with E-state index in [1.54, 1.807) is 6.20 Å². The second-order valence-corrected chi connectivity index (χ2v) is 5.01. The van der Waals surface area contributed by atoms with Gasteiger partial charge < -0.3 is 14.8 Å². The molecule has 1 fully saturated rings. The highest BCUT2D eigenvalue weighted by Gasteiger charge is 2.28. The van der Waals surface area contributed by atoms with Crippen molar-refractivity contribution in [2.24, 2.45) is 0 Å². The fraction of sp³-hybridized carbons (Fsp3) is 0.615. The van der Waals surface area contributed by atoms with Gasteiger partial charge in [0.25, 0.3) is 0 Å². The number of nitrogens with zero attached hydrogens (tertiary/aromatic N) is 1. The molecule has 0 bridgehead atoms. The molecule has 4 heteroatoms. The van der Waals surface area contributed by atoms with Crippen LogP contribution in [0.2, 0.25) is 0 Å². The molecule has 1 unspecified atom stereocenters. The van der Waals surface area contributed by atoms with Crippen molar-refractivity contribution < 1.29 is 9.47 Å². The zero-order valence-corrected chi connectivity index (χ0v) is 10.5. The van der Waals surface area contributed by atoms with Crippen LogP contribution in [-0.4, -0.2) is 36.4 Å². The van der Waals surface area contributed by atoms with Crippen LogP contribution >= 0.6 is 0 Å². The molecule has 1 saturated heterocycles. The van der Waals surface area contributed by atoms with Crippen LogP contribution < -0.4 is 5.32 Å². The average molecular weight is 236 g/mol. The van der Waals surface area contributed by atoms with E-state index in [1.807, 2.05) is 18.3 Å². The Kier molecular flexibility index (Phi) is 4.10.